The molecule has 10 rings (SSSR count). The Morgan fingerprint density at radius 1 is 0.521 bits per heavy atom. The molecular formula is C44H28ClNOS. The van der Waals surface area contributed by atoms with Gasteiger partial charge < -0.3 is 9.32 Å². The molecule has 1 spiro atoms. The average Bonchev–Trinajstić information content (AvgIpc) is 3.65. The van der Waals surface area contributed by atoms with E-state index in [1.165, 1.54) is 48.7 Å². The van der Waals surface area contributed by atoms with Crippen molar-refractivity contribution in [1.29, 1.82) is 0 Å². The maximum atomic E-state index is 6.69. The van der Waals surface area contributed by atoms with Crippen LogP contribution in [0.1, 0.15) is 27.8 Å². The number of benzene rings is 7. The van der Waals surface area contributed by atoms with Crippen molar-refractivity contribution in [1.82, 2.24) is 0 Å². The van der Waals surface area contributed by atoms with Gasteiger partial charge in [0, 0.05) is 43.5 Å². The molecule has 1 aliphatic carbocycles. The molecule has 0 unspecified atom stereocenters. The van der Waals surface area contributed by atoms with E-state index in [0.29, 0.717) is 6.54 Å². The van der Waals surface area contributed by atoms with Crippen LogP contribution in [-0.4, -0.2) is 0 Å². The number of nitrogens with zero attached hydrogens (tertiary/aromatic N) is 1. The Morgan fingerprint density at radius 3 is 1.96 bits per heavy atom. The molecule has 1 aromatic heterocycles. The standard InChI is InChI=1S/C44H28ClNOS/c45-29-19-21-38-42(25-29)48-43-26-31(20-22-39(43)44(38)36-15-7-4-12-32(36)33-13-5-8-16-37(33)44)46(30-10-2-1-3-11-30)27-28-18-23-41-35(24-28)34-14-6-9-17-40(34)47-41/h1-26H,27H2. The Bertz CT molecular complexity index is 2510. The van der Waals surface area contributed by atoms with E-state index in [1.54, 1.807) is 0 Å². The number of para-hydroxylation sites is 2. The molecule has 228 valence electrons. The highest BCUT2D eigenvalue weighted by Crippen LogP contribution is 2.62. The molecular weight excluding hydrogens is 626 g/mol. The van der Waals surface area contributed by atoms with Crippen LogP contribution in [0.2, 0.25) is 5.02 Å². The lowest BCUT2D eigenvalue weighted by Crippen LogP contribution is -2.32. The summed E-state index contributed by atoms with van der Waals surface area (Å²) in [5, 5.41) is 3.04. The molecule has 1 aliphatic heterocycles. The van der Waals surface area contributed by atoms with E-state index < -0.39 is 5.41 Å². The fourth-order valence-corrected chi connectivity index (χ4v) is 9.54. The van der Waals surface area contributed by atoms with Crippen LogP contribution in [0.3, 0.4) is 0 Å². The number of furan rings is 1. The fourth-order valence-electron chi connectivity index (χ4n) is 8.04. The van der Waals surface area contributed by atoms with Crippen LogP contribution in [0.4, 0.5) is 11.4 Å². The Labute approximate surface area is 288 Å². The second-order valence-electron chi connectivity index (χ2n) is 12.6. The lowest BCUT2D eigenvalue weighted by Gasteiger charge is -2.40. The van der Waals surface area contributed by atoms with Gasteiger partial charge in [-0.25, -0.2) is 0 Å². The van der Waals surface area contributed by atoms with E-state index in [9.17, 15) is 0 Å². The summed E-state index contributed by atoms with van der Waals surface area (Å²) in [4.78, 5) is 4.86. The summed E-state index contributed by atoms with van der Waals surface area (Å²) < 4.78 is 6.15. The smallest absolute Gasteiger partial charge is 0.135 e. The largest absolute Gasteiger partial charge is 0.456 e. The first-order chi connectivity index (χ1) is 23.7. The molecule has 2 heterocycles. The van der Waals surface area contributed by atoms with E-state index in [1.807, 2.05) is 30.0 Å². The Kier molecular flexibility index (Phi) is 6.18. The third-order valence-corrected chi connectivity index (χ3v) is 11.4. The van der Waals surface area contributed by atoms with Crippen molar-refractivity contribution in [3.05, 3.63) is 191 Å². The zero-order valence-electron chi connectivity index (χ0n) is 25.9. The third-order valence-electron chi connectivity index (χ3n) is 10.1. The minimum absolute atomic E-state index is 0.433. The first kappa shape index (κ1) is 27.9. The zero-order valence-corrected chi connectivity index (χ0v) is 27.4. The van der Waals surface area contributed by atoms with Gasteiger partial charge >= 0.3 is 0 Å². The highest BCUT2D eigenvalue weighted by Gasteiger charge is 2.50. The summed E-state index contributed by atoms with van der Waals surface area (Å²) >= 11 is 8.51. The number of hydrogen-bond acceptors (Lipinski definition) is 3. The molecule has 0 atom stereocenters. The van der Waals surface area contributed by atoms with Crippen LogP contribution >= 0.6 is 23.4 Å². The van der Waals surface area contributed by atoms with E-state index in [2.05, 4.69) is 144 Å². The van der Waals surface area contributed by atoms with Crippen molar-refractivity contribution in [2.45, 2.75) is 21.8 Å². The number of hydrogen-bond donors (Lipinski definition) is 0. The molecule has 0 amide bonds. The average molecular weight is 654 g/mol. The predicted octanol–water partition coefficient (Wildman–Crippen LogP) is 12.4. The Morgan fingerprint density at radius 2 is 1.17 bits per heavy atom. The first-order valence-electron chi connectivity index (χ1n) is 16.2. The second-order valence-corrected chi connectivity index (χ2v) is 14.1. The Hall–Kier alpha value is -5.22. The minimum Gasteiger partial charge on any atom is -0.456 e. The van der Waals surface area contributed by atoms with Gasteiger partial charge in [-0.15, -0.1) is 0 Å². The van der Waals surface area contributed by atoms with Gasteiger partial charge in [0.15, 0.2) is 0 Å². The van der Waals surface area contributed by atoms with Gasteiger partial charge in [-0.3, -0.25) is 0 Å². The fraction of sp³-hybridized carbons (Fsp3) is 0.0455. The number of rotatable bonds is 4. The quantitative estimate of drug-likeness (QED) is 0.188. The van der Waals surface area contributed by atoms with Crippen LogP contribution in [0, 0.1) is 0 Å². The maximum absolute atomic E-state index is 6.69. The molecule has 2 nitrogen and oxygen atoms in total. The molecule has 2 aliphatic rings. The third kappa shape index (κ3) is 4.01. The van der Waals surface area contributed by atoms with Gasteiger partial charge in [-0.1, -0.05) is 126 Å². The topological polar surface area (TPSA) is 16.4 Å². The molecule has 4 heteroatoms. The van der Waals surface area contributed by atoms with Crippen molar-refractivity contribution in [2.75, 3.05) is 4.90 Å². The maximum Gasteiger partial charge on any atom is 0.135 e. The van der Waals surface area contributed by atoms with E-state index >= 15 is 0 Å². The van der Waals surface area contributed by atoms with Crippen LogP contribution < -0.4 is 4.90 Å². The number of halogens is 1. The summed E-state index contributed by atoms with van der Waals surface area (Å²) in [6, 6.07) is 56.9. The number of fused-ring (bicyclic) bond motifs is 12. The summed E-state index contributed by atoms with van der Waals surface area (Å²) in [5.41, 5.74) is 12.7. The highest BCUT2D eigenvalue weighted by atomic mass is 35.5. The summed E-state index contributed by atoms with van der Waals surface area (Å²) in [7, 11) is 0. The molecule has 0 saturated heterocycles. The van der Waals surface area contributed by atoms with Gasteiger partial charge in [0.05, 0.1) is 5.41 Å². The summed E-state index contributed by atoms with van der Waals surface area (Å²) in [6.45, 7) is 0.710. The van der Waals surface area contributed by atoms with Crippen LogP contribution in [-0.2, 0) is 12.0 Å². The first-order valence-corrected chi connectivity index (χ1v) is 17.4. The van der Waals surface area contributed by atoms with Gasteiger partial charge in [0.25, 0.3) is 0 Å². The van der Waals surface area contributed by atoms with E-state index in [-0.39, 0.29) is 0 Å². The van der Waals surface area contributed by atoms with Crippen molar-refractivity contribution >= 4 is 56.7 Å². The molecule has 7 aromatic carbocycles. The Balaban J connectivity index is 1.16. The summed E-state index contributed by atoms with van der Waals surface area (Å²) in [6.07, 6.45) is 0. The van der Waals surface area contributed by atoms with E-state index in [0.717, 1.165) is 38.3 Å². The van der Waals surface area contributed by atoms with Gasteiger partial charge in [-0.2, -0.15) is 0 Å². The van der Waals surface area contributed by atoms with Crippen LogP contribution in [0.25, 0.3) is 33.1 Å². The predicted molar refractivity (Wildman–Crippen MR) is 199 cm³/mol. The second kappa shape index (κ2) is 10.6. The molecule has 0 N–H and O–H groups in total. The molecule has 8 aromatic rings. The van der Waals surface area contributed by atoms with Crippen molar-refractivity contribution < 1.29 is 4.42 Å². The van der Waals surface area contributed by atoms with Crippen molar-refractivity contribution in [3.63, 3.8) is 0 Å². The molecule has 0 radical (unpaired) electrons. The summed E-state index contributed by atoms with van der Waals surface area (Å²) in [5.74, 6) is 0. The molecule has 48 heavy (non-hydrogen) atoms. The van der Waals surface area contributed by atoms with Crippen molar-refractivity contribution in [3.8, 4) is 11.1 Å². The molecule has 0 bridgehead atoms. The number of anilines is 2. The van der Waals surface area contributed by atoms with E-state index in [4.69, 9.17) is 16.0 Å². The normalized spacial score (nSPS) is 13.7. The lowest BCUT2D eigenvalue weighted by atomic mass is 9.67. The van der Waals surface area contributed by atoms with Crippen LogP contribution in [0.15, 0.2) is 172 Å². The van der Waals surface area contributed by atoms with Gasteiger partial charge in [0.1, 0.15) is 11.2 Å². The minimum atomic E-state index is -0.433. The van der Waals surface area contributed by atoms with Crippen molar-refractivity contribution in [2.24, 2.45) is 0 Å². The molecule has 0 fully saturated rings. The van der Waals surface area contributed by atoms with Gasteiger partial charge in [0.2, 0.25) is 0 Å². The monoisotopic (exact) mass is 653 g/mol. The molecule has 0 saturated carbocycles. The zero-order chi connectivity index (χ0) is 31.8. The van der Waals surface area contributed by atoms with Crippen LogP contribution in [0.5, 0.6) is 0 Å². The SMILES string of the molecule is Clc1ccc2c(c1)Sc1cc(N(Cc3ccc4oc5ccccc5c4c3)c3ccccc3)ccc1C21c2ccccc2-c2ccccc21. The lowest BCUT2D eigenvalue weighted by molar-refractivity contribution is 0.668. The van der Waals surface area contributed by atoms with Gasteiger partial charge in [-0.05, 0) is 93.5 Å². The highest BCUT2D eigenvalue weighted by molar-refractivity contribution is 7.99.